The molecule has 0 aliphatic heterocycles. The van der Waals surface area contributed by atoms with E-state index in [-0.39, 0.29) is 11.4 Å². The van der Waals surface area contributed by atoms with E-state index < -0.39 is 0 Å². The first-order valence-electron chi connectivity index (χ1n) is 6.65. The molecule has 1 aliphatic carbocycles. The zero-order valence-corrected chi connectivity index (χ0v) is 12.8. The van der Waals surface area contributed by atoms with Crippen molar-refractivity contribution in [2.45, 2.75) is 39.2 Å². The largest absolute Gasteiger partial charge is 0.382 e. The first kappa shape index (κ1) is 14.1. The predicted molar refractivity (Wildman–Crippen MR) is 79.7 cm³/mol. The van der Waals surface area contributed by atoms with Crippen molar-refractivity contribution in [1.29, 1.82) is 0 Å². The maximum Gasteiger partial charge on any atom is 0.265 e. The molecule has 1 aromatic rings. The average molecular weight is 282 g/mol. The van der Waals surface area contributed by atoms with Crippen molar-refractivity contribution >= 4 is 28.2 Å². The first-order valence-corrected chi connectivity index (χ1v) is 7.46. The minimum Gasteiger partial charge on any atom is -0.382 e. The van der Waals surface area contributed by atoms with E-state index in [2.05, 4.69) is 24.1 Å². The Morgan fingerprint density at radius 2 is 2.21 bits per heavy atom. The van der Waals surface area contributed by atoms with E-state index in [1.165, 1.54) is 24.2 Å². The zero-order chi connectivity index (χ0) is 14.2. The molecule has 0 atom stereocenters. The molecule has 1 fully saturated rings. The van der Waals surface area contributed by atoms with Crippen LogP contribution in [0.25, 0.3) is 0 Å². The molecule has 2 rings (SSSR count). The monoisotopic (exact) mass is 282 g/mol. The van der Waals surface area contributed by atoms with Gasteiger partial charge in [-0.3, -0.25) is 4.79 Å². The van der Waals surface area contributed by atoms with Crippen LogP contribution in [-0.4, -0.2) is 30.0 Å². The van der Waals surface area contributed by atoms with Crippen molar-refractivity contribution in [1.82, 2.24) is 10.3 Å². The maximum atomic E-state index is 12.3. The van der Waals surface area contributed by atoms with Crippen molar-refractivity contribution in [3.8, 4) is 0 Å². The first-order chi connectivity index (χ1) is 8.85. The van der Waals surface area contributed by atoms with Gasteiger partial charge in [-0.2, -0.15) is 0 Å². The number of amides is 1. The summed E-state index contributed by atoms with van der Waals surface area (Å²) in [5.41, 5.74) is 5.69. The molecule has 0 saturated heterocycles. The molecule has 0 radical (unpaired) electrons. The number of nitrogens with zero attached hydrogens (tertiary/aromatic N) is 2. The second-order valence-corrected chi connectivity index (χ2v) is 6.65. The zero-order valence-electron chi connectivity index (χ0n) is 12.0. The van der Waals surface area contributed by atoms with E-state index in [0.29, 0.717) is 16.6 Å². The van der Waals surface area contributed by atoms with Crippen LogP contribution in [-0.2, 0) is 0 Å². The Hall–Kier alpha value is -1.30. The van der Waals surface area contributed by atoms with Gasteiger partial charge in [-0.05, 0) is 39.5 Å². The number of rotatable bonds is 5. The van der Waals surface area contributed by atoms with Gasteiger partial charge in [-0.15, -0.1) is 0 Å². The summed E-state index contributed by atoms with van der Waals surface area (Å²) in [6.07, 6.45) is 2.38. The van der Waals surface area contributed by atoms with Crippen LogP contribution in [0.5, 0.6) is 0 Å². The number of nitrogens with two attached hydrogens (primary N) is 1. The van der Waals surface area contributed by atoms with Gasteiger partial charge in [0.05, 0.1) is 0 Å². The van der Waals surface area contributed by atoms with Gasteiger partial charge in [0.25, 0.3) is 5.91 Å². The van der Waals surface area contributed by atoms with Gasteiger partial charge in [0, 0.05) is 19.1 Å². The lowest BCUT2D eigenvalue weighted by molar-refractivity contribution is 0.0908. The number of carbonyl (C=O) groups excluding carboxylic acids is 1. The maximum absolute atomic E-state index is 12.3. The number of nitrogen functional groups attached to an aromatic ring is 1. The highest BCUT2D eigenvalue weighted by Crippen LogP contribution is 2.39. The lowest BCUT2D eigenvalue weighted by Crippen LogP contribution is -2.45. The van der Waals surface area contributed by atoms with Crippen LogP contribution in [0.3, 0.4) is 0 Å². The van der Waals surface area contributed by atoms with Crippen LogP contribution in [0.1, 0.15) is 43.3 Å². The van der Waals surface area contributed by atoms with Gasteiger partial charge < -0.3 is 16.0 Å². The fourth-order valence-corrected chi connectivity index (χ4v) is 2.94. The quantitative estimate of drug-likeness (QED) is 0.867. The van der Waals surface area contributed by atoms with Crippen LogP contribution in [0.15, 0.2) is 0 Å². The number of carbonyl (C=O) groups is 1. The topological polar surface area (TPSA) is 71.2 Å². The molecule has 1 saturated carbocycles. The van der Waals surface area contributed by atoms with Crippen molar-refractivity contribution < 1.29 is 4.79 Å². The van der Waals surface area contributed by atoms with Gasteiger partial charge in [0.15, 0.2) is 5.13 Å². The summed E-state index contributed by atoms with van der Waals surface area (Å²) >= 11 is 1.35. The van der Waals surface area contributed by atoms with Crippen molar-refractivity contribution in [2.24, 2.45) is 5.92 Å². The number of nitrogens with one attached hydrogen (secondary N) is 1. The number of thiazole rings is 1. The molecular formula is C13H22N4OS. The highest BCUT2D eigenvalue weighted by molar-refractivity contribution is 7.18. The fraction of sp³-hybridized carbons (Fsp3) is 0.692. The summed E-state index contributed by atoms with van der Waals surface area (Å²) in [5.74, 6) is 0.801. The molecule has 0 unspecified atom stereocenters. The van der Waals surface area contributed by atoms with Crippen LogP contribution in [0.2, 0.25) is 0 Å². The van der Waals surface area contributed by atoms with Crippen LogP contribution >= 0.6 is 11.3 Å². The minimum atomic E-state index is -0.162. The normalized spacial score (nSPS) is 15.4. The second kappa shape index (κ2) is 5.00. The Labute approximate surface area is 118 Å². The van der Waals surface area contributed by atoms with Gasteiger partial charge in [-0.1, -0.05) is 11.3 Å². The van der Waals surface area contributed by atoms with Crippen LogP contribution in [0.4, 0.5) is 10.9 Å². The third-order valence-corrected chi connectivity index (χ3v) is 4.87. The van der Waals surface area contributed by atoms with E-state index in [1.807, 2.05) is 18.9 Å². The van der Waals surface area contributed by atoms with E-state index in [0.717, 1.165) is 11.7 Å². The Morgan fingerprint density at radius 3 is 2.74 bits per heavy atom. The summed E-state index contributed by atoms with van der Waals surface area (Å²) in [5, 5.41) is 3.87. The van der Waals surface area contributed by atoms with E-state index in [4.69, 9.17) is 5.73 Å². The highest BCUT2D eigenvalue weighted by atomic mass is 32.1. The second-order valence-electron chi connectivity index (χ2n) is 5.68. The highest BCUT2D eigenvalue weighted by Gasteiger charge is 2.39. The van der Waals surface area contributed by atoms with Crippen molar-refractivity contribution in [3.63, 3.8) is 0 Å². The standard InChI is InChI=1S/C13H22N4OS/c1-5-17(4)12-15-10(14)9(19-12)11(18)16-13(2,3)8-6-7-8/h8H,5-7,14H2,1-4H3,(H,16,18). The molecule has 0 bridgehead atoms. The molecule has 1 aliphatic rings. The molecule has 1 heterocycles. The third kappa shape index (κ3) is 3.00. The summed E-state index contributed by atoms with van der Waals surface area (Å²) < 4.78 is 0. The van der Waals surface area contributed by atoms with E-state index >= 15 is 0 Å². The number of hydrogen-bond acceptors (Lipinski definition) is 5. The SMILES string of the molecule is CCN(C)c1nc(N)c(C(=O)NC(C)(C)C2CC2)s1. The van der Waals surface area contributed by atoms with Gasteiger partial charge in [0.1, 0.15) is 10.7 Å². The third-order valence-electron chi connectivity index (χ3n) is 3.68. The Morgan fingerprint density at radius 1 is 1.58 bits per heavy atom. The molecule has 3 N–H and O–H groups in total. The van der Waals surface area contributed by atoms with E-state index in [1.54, 1.807) is 0 Å². The number of aromatic nitrogens is 1. The van der Waals surface area contributed by atoms with Crippen LogP contribution in [0, 0.1) is 5.92 Å². The molecule has 1 amide bonds. The Kier molecular flexibility index (Phi) is 3.71. The van der Waals surface area contributed by atoms with Gasteiger partial charge >= 0.3 is 0 Å². The molecule has 0 spiro atoms. The summed E-state index contributed by atoms with van der Waals surface area (Å²) in [6, 6.07) is 0. The molecule has 106 valence electrons. The van der Waals surface area contributed by atoms with Crippen molar-refractivity contribution in [3.05, 3.63) is 4.88 Å². The predicted octanol–water partition coefficient (Wildman–Crippen LogP) is 2.10. The molecule has 1 aromatic heterocycles. The van der Waals surface area contributed by atoms with Crippen molar-refractivity contribution in [2.75, 3.05) is 24.2 Å². The molecule has 19 heavy (non-hydrogen) atoms. The smallest absolute Gasteiger partial charge is 0.265 e. The Balaban J connectivity index is 2.12. The number of anilines is 2. The molecule has 6 heteroatoms. The summed E-state index contributed by atoms with van der Waals surface area (Å²) in [7, 11) is 1.94. The lowest BCUT2D eigenvalue weighted by atomic mass is 9.99. The molecule has 5 nitrogen and oxygen atoms in total. The van der Waals surface area contributed by atoms with Gasteiger partial charge in [-0.25, -0.2) is 4.98 Å². The lowest BCUT2D eigenvalue weighted by Gasteiger charge is -2.25. The molecule has 0 aromatic carbocycles. The number of hydrogen-bond donors (Lipinski definition) is 2. The molecular weight excluding hydrogens is 260 g/mol. The Bertz CT molecular complexity index is 479. The average Bonchev–Trinajstić information content (AvgIpc) is 3.12. The van der Waals surface area contributed by atoms with Gasteiger partial charge in [0.2, 0.25) is 0 Å². The van der Waals surface area contributed by atoms with E-state index in [9.17, 15) is 4.79 Å². The fourth-order valence-electron chi connectivity index (χ4n) is 2.04. The summed E-state index contributed by atoms with van der Waals surface area (Å²) in [6.45, 7) is 7.01. The summed E-state index contributed by atoms with van der Waals surface area (Å²) in [4.78, 5) is 19.0. The van der Waals surface area contributed by atoms with Crippen LogP contribution < -0.4 is 16.0 Å². The minimum absolute atomic E-state index is 0.109.